The summed E-state index contributed by atoms with van der Waals surface area (Å²) in [6.45, 7) is 6.64. The van der Waals surface area contributed by atoms with E-state index in [1.54, 1.807) is 4.68 Å². The molecule has 1 aromatic heterocycles. The molecule has 1 N–H and O–H groups in total. The normalized spacial score (nSPS) is 26.6. The van der Waals surface area contributed by atoms with Gasteiger partial charge in [0.2, 0.25) is 0 Å². The first-order valence-electron chi connectivity index (χ1n) is 6.83. The van der Waals surface area contributed by atoms with Gasteiger partial charge in [0.15, 0.2) is 0 Å². The van der Waals surface area contributed by atoms with E-state index in [1.807, 2.05) is 27.8 Å². The van der Waals surface area contributed by atoms with Crippen molar-refractivity contribution in [3.63, 3.8) is 0 Å². The Morgan fingerprint density at radius 3 is 2.68 bits per heavy atom. The number of aryl methyl sites for hydroxylation is 2. The first kappa shape index (κ1) is 14.8. The topological polar surface area (TPSA) is 47.3 Å². The number of aliphatic hydroxyl groups is 1. The van der Waals surface area contributed by atoms with Gasteiger partial charge in [-0.05, 0) is 26.7 Å². The number of ether oxygens (including phenoxy) is 1. The van der Waals surface area contributed by atoms with Gasteiger partial charge in [-0.3, -0.25) is 4.68 Å². The van der Waals surface area contributed by atoms with Crippen molar-refractivity contribution in [3.05, 3.63) is 16.4 Å². The number of rotatable bonds is 3. The minimum atomic E-state index is -0.760. The van der Waals surface area contributed by atoms with E-state index in [2.05, 4.69) is 5.10 Å². The van der Waals surface area contributed by atoms with Gasteiger partial charge in [-0.1, -0.05) is 18.5 Å². The Hall–Kier alpha value is -0.580. The van der Waals surface area contributed by atoms with Crippen LogP contribution in [0, 0.1) is 0 Å². The fraction of sp³-hybridized carbons (Fsp3) is 0.786. The second-order valence-electron chi connectivity index (χ2n) is 6.12. The first-order valence-corrected chi connectivity index (χ1v) is 7.21. The average Bonchev–Trinajstić information content (AvgIpc) is 2.54. The monoisotopic (exact) mass is 286 g/mol. The molecular formula is C14H23ClN2O2. The molecule has 19 heavy (non-hydrogen) atoms. The summed E-state index contributed by atoms with van der Waals surface area (Å²) in [5.41, 5.74) is 0.767. The number of aromatic nitrogens is 2. The molecule has 1 atom stereocenters. The Morgan fingerprint density at radius 1 is 1.47 bits per heavy atom. The van der Waals surface area contributed by atoms with E-state index in [0.29, 0.717) is 30.9 Å². The summed E-state index contributed by atoms with van der Waals surface area (Å²) in [4.78, 5) is 0. The number of hydrogen-bond acceptors (Lipinski definition) is 3. The fourth-order valence-electron chi connectivity index (χ4n) is 2.92. The molecule has 5 heteroatoms. The summed E-state index contributed by atoms with van der Waals surface area (Å²) in [6, 6.07) is 0. The van der Waals surface area contributed by atoms with E-state index in [0.717, 1.165) is 17.8 Å². The zero-order valence-electron chi connectivity index (χ0n) is 12.2. The standard InChI is InChI=1S/C14H23ClN2O2/c1-5-10-12(15)11(17(4)16-10)8-14(18)6-7-19-13(2,3)9-14/h18H,5-9H2,1-4H3. The van der Waals surface area contributed by atoms with Gasteiger partial charge in [0.05, 0.1) is 34.2 Å². The lowest BCUT2D eigenvalue weighted by Crippen LogP contribution is -2.47. The minimum Gasteiger partial charge on any atom is -0.389 e. The van der Waals surface area contributed by atoms with Gasteiger partial charge < -0.3 is 9.84 Å². The van der Waals surface area contributed by atoms with E-state index in [1.165, 1.54) is 0 Å². The van der Waals surface area contributed by atoms with Crippen LogP contribution in [0.25, 0.3) is 0 Å². The second kappa shape index (κ2) is 5.08. The Bertz CT molecular complexity index is 470. The molecule has 1 saturated heterocycles. The maximum Gasteiger partial charge on any atom is 0.0850 e. The van der Waals surface area contributed by atoms with Crippen LogP contribution in [-0.4, -0.2) is 32.7 Å². The smallest absolute Gasteiger partial charge is 0.0850 e. The van der Waals surface area contributed by atoms with Crippen molar-refractivity contribution in [2.24, 2.45) is 7.05 Å². The van der Waals surface area contributed by atoms with Gasteiger partial charge in [-0.25, -0.2) is 0 Å². The molecule has 4 nitrogen and oxygen atoms in total. The highest BCUT2D eigenvalue weighted by Gasteiger charge is 2.40. The van der Waals surface area contributed by atoms with E-state index in [4.69, 9.17) is 16.3 Å². The van der Waals surface area contributed by atoms with Crippen LogP contribution in [0.5, 0.6) is 0 Å². The lowest BCUT2D eigenvalue weighted by Gasteiger charge is -2.41. The molecule has 0 amide bonds. The fourth-order valence-corrected chi connectivity index (χ4v) is 3.28. The summed E-state index contributed by atoms with van der Waals surface area (Å²) < 4.78 is 7.46. The van der Waals surface area contributed by atoms with Crippen LogP contribution < -0.4 is 0 Å². The summed E-state index contributed by atoms with van der Waals surface area (Å²) in [5.74, 6) is 0. The Labute approximate surface area is 119 Å². The Balaban J connectivity index is 2.23. The van der Waals surface area contributed by atoms with Crippen molar-refractivity contribution in [1.29, 1.82) is 0 Å². The quantitative estimate of drug-likeness (QED) is 0.929. The van der Waals surface area contributed by atoms with Crippen LogP contribution in [0.15, 0.2) is 0 Å². The molecule has 0 bridgehead atoms. The molecule has 0 aliphatic carbocycles. The molecule has 108 valence electrons. The zero-order valence-corrected chi connectivity index (χ0v) is 12.9. The molecule has 0 spiro atoms. The molecule has 0 radical (unpaired) electrons. The van der Waals surface area contributed by atoms with Gasteiger partial charge in [-0.2, -0.15) is 5.10 Å². The average molecular weight is 287 g/mol. The van der Waals surface area contributed by atoms with E-state index >= 15 is 0 Å². The van der Waals surface area contributed by atoms with Crippen LogP contribution in [0.4, 0.5) is 0 Å². The third-order valence-corrected chi connectivity index (χ3v) is 4.25. The zero-order chi connectivity index (χ0) is 14.3. The number of halogens is 1. The maximum atomic E-state index is 10.8. The summed E-state index contributed by atoms with van der Waals surface area (Å²) >= 11 is 6.36. The number of hydrogen-bond donors (Lipinski definition) is 1. The van der Waals surface area contributed by atoms with Crippen LogP contribution in [0.3, 0.4) is 0 Å². The molecule has 1 aliphatic rings. The number of nitrogens with zero attached hydrogens (tertiary/aromatic N) is 2. The van der Waals surface area contributed by atoms with Gasteiger partial charge in [0.1, 0.15) is 0 Å². The van der Waals surface area contributed by atoms with Crippen LogP contribution in [0.2, 0.25) is 5.02 Å². The Kier molecular flexibility index (Phi) is 3.96. The van der Waals surface area contributed by atoms with Crippen molar-refractivity contribution in [2.45, 2.75) is 57.7 Å². The highest BCUT2D eigenvalue weighted by atomic mass is 35.5. The van der Waals surface area contributed by atoms with Crippen LogP contribution in [-0.2, 0) is 24.6 Å². The summed E-state index contributed by atoms with van der Waals surface area (Å²) in [6.07, 6.45) is 2.59. The first-order chi connectivity index (χ1) is 8.76. The lowest BCUT2D eigenvalue weighted by molar-refractivity contribution is -0.143. The predicted octanol–water partition coefficient (Wildman–Crippen LogP) is 2.50. The third-order valence-electron chi connectivity index (χ3n) is 3.81. The largest absolute Gasteiger partial charge is 0.389 e. The molecule has 1 aliphatic heterocycles. The highest BCUT2D eigenvalue weighted by molar-refractivity contribution is 6.31. The third kappa shape index (κ3) is 3.12. The SMILES string of the molecule is CCc1nn(C)c(CC2(O)CCOC(C)(C)C2)c1Cl. The van der Waals surface area contributed by atoms with E-state index < -0.39 is 5.60 Å². The maximum absolute atomic E-state index is 10.8. The molecule has 2 rings (SSSR count). The highest BCUT2D eigenvalue weighted by Crippen LogP contribution is 2.36. The predicted molar refractivity (Wildman–Crippen MR) is 75.5 cm³/mol. The van der Waals surface area contributed by atoms with Crippen molar-refractivity contribution >= 4 is 11.6 Å². The molecule has 0 aromatic carbocycles. The summed E-state index contributed by atoms with van der Waals surface area (Å²) in [5, 5.41) is 15.9. The van der Waals surface area contributed by atoms with Crippen LogP contribution in [0.1, 0.15) is 45.0 Å². The lowest BCUT2D eigenvalue weighted by atomic mass is 9.81. The van der Waals surface area contributed by atoms with Crippen molar-refractivity contribution < 1.29 is 9.84 Å². The molecule has 0 saturated carbocycles. The van der Waals surface area contributed by atoms with Crippen LogP contribution >= 0.6 is 11.6 Å². The van der Waals surface area contributed by atoms with Gasteiger partial charge in [-0.15, -0.1) is 0 Å². The van der Waals surface area contributed by atoms with Gasteiger partial charge in [0.25, 0.3) is 0 Å². The van der Waals surface area contributed by atoms with Crippen molar-refractivity contribution in [1.82, 2.24) is 9.78 Å². The van der Waals surface area contributed by atoms with Crippen molar-refractivity contribution in [2.75, 3.05) is 6.61 Å². The summed E-state index contributed by atoms with van der Waals surface area (Å²) in [7, 11) is 1.88. The van der Waals surface area contributed by atoms with E-state index in [-0.39, 0.29) is 5.60 Å². The Morgan fingerprint density at radius 2 is 2.16 bits per heavy atom. The van der Waals surface area contributed by atoms with Gasteiger partial charge >= 0.3 is 0 Å². The molecule has 1 fully saturated rings. The van der Waals surface area contributed by atoms with Crippen molar-refractivity contribution in [3.8, 4) is 0 Å². The van der Waals surface area contributed by atoms with Gasteiger partial charge in [0, 0.05) is 19.9 Å². The van der Waals surface area contributed by atoms with E-state index in [9.17, 15) is 5.11 Å². The molecule has 1 aromatic rings. The molecule has 2 heterocycles. The molecule has 1 unspecified atom stereocenters. The second-order valence-corrected chi connectivity index (χ2v) is 6.50. The molecular weight excluding hydrogens is 264 g/mol. The minimum absolute atomic E-state index is 0.286.